The molecule has 0 saturated carbocycles. The second-order valence-electron chi connectivity index (χ2n) is 4.80. The zero-order chi connectivity index (χ0) is 13.8. The molecule has 2 N–H and O–H groups in total. The first-order valence-corrected chi connectivity index (χ1v) is 6.54. The standard InChI is InChI=1S/C14H21N3O2/c1-11(9-15)16-6-7-17(14(18)10-16)12-4-3-5-13(8-12)19-2/h3-5,8,11H,6-7,9-10,15H2,1-2H3. The molecule has 0 radical (unpaired) electrons. The summed E-state index contributed by atoms with van der Waals surface area (Å²) in [6.07, 6.45) is 0. The molecule has 104 valence electrons. The smallest absolute Gasteiger partial charge is 0.241 e. The number of benzene rings is 1. The average Bonchev–Trinajstić information content (AvgIpc) is 2.46. The molecule has 19 heavy (non-hydrogen) atoms. The third-order valence-corrected chi connectivity index (χ3v) is 3.58. The molecule has 1 fully saturated rings. The van der Waals surface area contributed by atoms with Crippen LogP contribution >= 0.6 is 0 Å². The van der Waals surface area contributed by atoms with Crippen LogP contribution < -0.4 is 15.4 Å². The van der Waals surface area contributed by atoms with Gasteiger partial charge in [-0.3, -0.25) is 9.69 Å². The predicted molar refractivity (Wildman–Crippen MR) is 75.4 cm³/mol. The maximum Gasteiger partial charge on any atom is 0.241 e. The lowest BCUT2D eigenvalue weighted by atomic mass is 10.2. The number of ether oxygens (including phenoxy) is 1. The number of carbonyl (C=O) groups excluding carboxylic acids is 1. The average molecular weight is 263 g/mol. The first-order chi connectivity index (χ1) is 9.15. The van der Waals surface area contributed by atoms with Crippen molar-refractivity contribution in [1.29, 1.82) is 0 Å². The third-order valence-electron chi connectivity index (χ3n) is 3.58. The number of rotatable bonds is 4. The number of anilines is 1. The lowest BCUT2D eigenvalue weighted by Gasteiger charge is -2.37. The minimum absolute atomic E-state index is 0.111. The van der Waals surface area contributed by atoms with E-state index in [1.165, 1.54) is 0 Å². The van der Waals surface area contributed by atoms with E-state index in [1.807, 2.05) is 29.2 Å². The molecule has 1 aromatic carbocycles. The highest BCUT2D eigenvalue weighted by Crippen LogP contribution is 2.22. The van der Waals surface area contributed by atoms with Gasteiger partial charge in [0.2, 0.25) is 5.91 Å². The third kappa shape index (κ3) is 3.05. The Morgan fingerprint density at radius 3 is 2.84 bits per heavy atom. The van der Waals surface area contributed by atoms with Gasteiger partial charge in [0.05, 0.1) is 13.7 Å². The van der Waals surface area contributed by atoms with Crippen LogP contribution in [-0.2, 0) is 4.79 Å². The van der Waals surface area contributed by atoms with Crippen LogP contribution in [0.3, 0.4) is 0 Å². The van der Waals surface area contributed by atoms with E-state index in [0.717, 1.165) is 18.0 Å². The second-order valence-corrected chi connectivity index (χ2v) is 4.80. The van der Waals surface area contributed by atoms with E-state index in [9.17, 15) is 4.79 Å². The fourth-order valence-corrected chi connectivity index (χ4v) is 2.27. The van der Waals surface area contributed by atoms with Gasteiger partial charge in [-0.25, -0.2) is 0 Å². The van der Waals surface area contributed by atoms with Gasteiger partial charge in [-0.15, -0.1) is 0 Å². The van der Waals surface area contributed by atoms with E-state index in [4.69, 9.17) is 10.5 Å². The molecule has 2 rings (SSSR count). The fourth-order valence-electron chi connectivity index (χ4n) is 2.27. The Hall–Kier alpha value is -1.59. The Morgan fingerprint density at radius 1 is 1.42 bits per heavy atom. The van der Waals surface area contributed by atoms with E-state index in [-0.39, 0.29) is 11.9 Å². The summed E-state index contributed by atoms with van der Waals surface area (Å²) in [6, 6.07) is 7.84. The molecule has 1 saturated heterocycles. The molecule has 0 aliphatic carbocycles. The number of amides is 1. The van der Waals surface area contributed by atoms with Crippen molar-refractivity contribution in [2.45, 2.75) is 13.0 Å². The van der Waals surface area contributed by atoms with Gasteiger partial charge in [0.1, 0.15) is 5.75 Å². The Labute approximate surface area is 113 Å². The molecule has 1 heterocycles. The van der Waals surface area contributed by atoms with Gasteiger partial charge >= 0.3 is 0 Å². The number of hydrogen-bond donors (Lipinski definition) is 1. The molecule has 1 atom stereocenters. The van der Waals surface area contributed by atoms with Gasteiger partial charge in [0.25, 0.3) is 0 Å². The van der Waals surface area contributed by atoms with Crippen molar-refractivity contribution in [3.05, 3.63) is 24.3 Å². The highest BCUT2D eigenvalue weighted by molar-refractivity contribution is 5.95. The minimum Gasteiger partial charge on any atom is -0.497 e. The summed E-state index contributed by atoms with van der Waals surface area (Å²) in [4.78, 5) is 16.2. The summed E-state index contributed by atoms with van der Waals surface area (Å²) < 4.78 is 5.19. The van der Waals surface area contributed by atoms with Crippen LogP contribution in [0.2, 0.25) is 0 Å². The molecule has 1 amide bonds. The Bertz CT molecular complexity index is 450. The van der Waals surface area contributed by atoms with Gasteiger partial charge in [0.15, 0.2) is 0 Å². The molecule has 1 aromatic rings. The minimum atomic E-state index is 0.111. The summed E-state index contributed by atoms with van der Waals surface area (Å²) in [7, 11) is 1.63. The van der Waals surface area contributed by atoms with E-state index in [1.54, 1.807) is 7.11 Å². The number of methoxy groups -OCH3 is 1. The topological polar surface area (TPSA) is 58.8 Å². The number of nitrogens with two attached hydrogens (primary N) is 1. The zero-order valence-corrected chi connectivity index (χ0v) is 11.5. The molecule has 0 aromatic heterocycles. The molecule has 1 aliphatic rings. The Morgan fingerprint density at radius 2 is 2.21 bits per heavy atom. The summed E-state index contributed by atoms with van der Waals surface area (Å²) in [5.41, 5.74) is 6.54. The van der Waals surface area contributed by atoms with Crippen LogP contribution in [0, 0.1) is 0 Å². The molecular weight excluding hydrogens is 242 g/mol. The van der Waals surface area contributed by atoms with Gasteiger partial charge in [-0.1, -0.05) is 6.07 Å². The molecule has 1 aliphatic heterocycles. The van der Waals surface area contributed by atoms with Gasteiger partial charge in [-0.2, -0.15) is 0 Å². The van der Waals surface area contributed by atoms with Crippen molar-refractivity contribution < 1.29 is 9.53 Å². The van der Waals surface area contributed by atoms with Crippen molar-refractivity contribution in [3.8, 4) is 5.75 Å². The van der Waals surface area contributed by atoms with Crippen LogP contribution in [-0.4, -0.2) is 50.1 Å². The maximum absolute atomic E-state index is 12.2. The van der Waals surface area contributed by atoms with Crippen LogP contribution in [0.5, 0.6) is 5.75 Å². The van der Waals surface area contributed by atoms with E-state index in [2.05, 4.69) is 11.8 Å². The molecule has 5 nitrogen and oxygen atoms in total. The Kier molecular flexibility index (Phi) is 4.39. The monoisotopic (exact) mass is 263 g/mol. The number of piperazine rings is 1. The molecular formula is C14H21N3O2. The van der Waals surface area contributed by atoms with Crippen molar-refractivity contribution in [1.82, 2.24) is 4.90 Å². The van der Waals surface area contributed by atoms with Crippen molar-refractivity contribution in [2.75, 3.05) is 38.2 Å². The summed E-state index contributed by atoms with van der Waals surface area (Å²) in [5, 5.41) is 0. The SMILES string of the molecule is COc1cccc(N2CCN(C(C)CN)CC2=O)c1. The normalized spacial score (nSPS) is 18.5. The quantitative estimate of drug-likeness (QED) is 0.868. The van der Waals surface area contributed by atoms with Crippen LogP contribution in [0.25, 0.3) is 0 Å². The van der Waals surface area contributed by atoms with Crippen LogP contribution in [0.1, 0.15) is 6.92 Å². The molecule has 5 heteroatoms. The molecule has 0 spiro atoms. The van der Waals surface area contributed by atoms with E-state index in [0.29, 0.717) is 19.6 Å². The van der Waals surface area contributed by atoms with Crippen LogP contribution in [0.4, 0.5) is 5.69 Å². The second kappa shape index (κ2) is 6.04. The van der Waals surface area contributed by atoms with Crippen LogP contribution in [0.15, 0.2) is 24.3 Å². The highest BCUT2D eigenvalue weighted by Gasteiger charge is 2.27. The molecule has 1 unspecified atom stereocenters. The van der Waals surface area contributed by atoms with Gasteiger partial charge < -0.3 is 15.4 Å². The summed E-state index contributed by atoms with van der Waals surface area (Å²) >= 11 is 0. The molecule has 0 bridgehead atoms. The lowest BCUT2D eigenvalue weighted by Crippen LogP contribution is -2.54. The lowest BCUT2D eigenvalue weighted by molar-refractivity contribution is -0.121. The summed E-state index contributed by atoms with van der Waals surface area (Å²) in [5.74, 6) is 0.878. The van der Waals surface area contributed by atoms with Crippen molar-refractivity contribution >= 4 is 11.6 Å². The van der Waals surface area contributed by atoms with E-state index >= 15 is 0 Å². The van der Waals surface area contributed by atoms with Gasteiger partial charge in [0, 0.05) is 37.4 Å². The first kappa shape index (κ1) is 13.8. The van der Waals surface area contributed by atoms with Crippen molar-refractivity contribution in [2.24, 2.45) is 5.73 Å². The van der Waals surface area contributed by atoms with Gasteiger partial charge in [-0.05, 0) is 19.1 Å². The summed E-state index contributed by atoms with van der Waals surface area (Å²) in [6.45, 7) is 4.59. The van der Waals surface area contributed by atoms with E-state index < -0.39 is 0 Å². The number of carbonyl (C=O) groups is 1. The fraction of sp³-hybridized carbons (Fsp3) is 0.500. The Balaban J connectivity index is 2.09. The predicted octanol–water partition coefficient (Wildman–Crippen LogP) is 0.691. The highest BCUT2D eigenvalue weighted by atomic mass is 16.5. The number of nitrogens with zero attached hydrogens (tertiary/aromatic N) is 2. The maximum atomic E-state index is 12.2. The largest absolute Gasteiger partial charge is 0.497 e. The van der Waals surface area contributed by atoms with Crippen molar-refractivity contribution in [3.63, 3.8) is 0 Å². The zero-order valence-electron chi connectivity index (χ0n) is 11.5. The first-order valence-electron chi connectivity index (χ1n) is 6.54. The number of hydrogen-bond acceptors (Lipinski definition) is 4.